The van der Waals surface area contributed by atoms with Gasteiger partial charge in [-0.3, -0.25) is 0 Å². The Hall–Kier alpha value is -1.08. The molecule has 3 nitrogen and oxygen atoms in total. The van der Waals surface area contributed by atoms with E-state index in [1.165, 1.54) is 12.1 Å². The number of carbonyl (C=O) groups is 1. The molecule has 1 aromatic rings. The average Bonchev–Trinajstić information content (AvgIpc) is 2.62. The first-order valence-corrected chi connectivity index (χ1v) is 4.68. The summed E-state index contributed by atoms with van der Waals surface area (Å²) in [6.45, 7) is 0. The summed E-state index contributed by atoms with van der Waals surface area (Å²) in [5.41, 5.74) is 4.96. The molecule has 0 aliphatic carbocycles. The van der Waals surface area contributed by atoms with Crippen molar-refractivity contribution in [2.24, 2.45) is 5.73 Å². The van der Waals surface area contributed by atoms with Crippen molar-refractivity contribution < 1.29 is 22.7 Å². The summed E-state index contributed by atoms with van der Waals surface area (Å²) in [6, 6.07) is 0.382. The van der Waals surface area contributed by atoms with Crippen molar-refractivity contribution in [3.8, 4) is 0 Å². The minimum atomic E-state index is -4.50. The highest BCUT2D eigenvalue weighted by molar-refractivity contribution is 7.14. The molecule has 0 aliphatic heterocycles. The lowest BCUT2D eigenvalue weighted by Crippen LogP contribution is -2.27. The van der Waals surface area contributed by atoms with Crippen LogP contribution in [0.25, 0.3) is 0 Å². The Kier molecular flexibility index (Phi) is 3.35. The van der Waals surface area contributed by atoms with E-state index >= 15 is 0 Å². The van der Waals surface area contributed by atoms with Crippen LogP contribution in [0.5, 0.6) is 0 Å². The van der Waals surface area contributed by atoms with Gasteiger partial charge in [-0.2, -0.15) is 13.2 Å². The third-order valence-corrected chi connectivity index (χ3v) is 2.82. The van der Waals surface area contributed by atoms with Gasteiger partial charge in [-0.1, -0.05) is 0 Å². The SMILES string of the molecule is COC(=O)c1ccc(C(N)C(F)(F)F)s1. The van der Waals surface area contributed by atoms with Gasteiger partial charge < -0.3 is 10.5 Å². The van der Waals surface area contributed by atoms with E-state index in [2.05, 4.69) is 4.74 Å². The Balaban J connectivity index is 2.89. The molecule has 15 heavy (non-hydrogen) atoms. The van der Waals surface area contributed by atoms with Crippen LogP contribution in [0.15, 0.2) is 12.1 Å². The van der Waals surface area contributed by atoms with Crippen LogP contribution in [-0.4, -0.2) is 19.3 Å². The van der Waals surface area contributed by atoms with E-state index in [1.54, 1.807) is 0 Å². The van der Waals surface area contributed by atoms with Gasteiger partial charge in [0.15, 0.2) is 0 Å². The second-order valence-corrected chi connectivity index (χ2v) is 3.83. The summed E-state index contributed by atoms with van der Waals surface area (Å²) < 4.78 is 40.9. The van der Waals surface area contributed by atoms with Crippen LogP contribution in [0.3, 0.4) is 0 Å². The number of ether oxygens (including phenoxy) is 1. The number of hydrogen-bond acceptors (Lipinski definition) is 4. The van der Waals surface area contributed by atoms with Crippen molar-refractivity contribution in [3.63, 3.8) is 0 Å². The predicted octanol–water partition coefficient (Wildman–Crippen LogP) is 2.10. The van der Waals surface area contributed by atoms with Crippen LogP contribution in [0.2, 0.25) is 0 Å². The van der Waals surface area contributed by atoms with Crippen molar-refractivity contribution in [1.29, 1.82) is 0 Å². The van der Waals surface area contributed by atoms with Gasteiger partial charge in [0.1, 0.15) is 10.9 Å². The van der Waals surface area contributed by atoms with E-state index in [-0.39, 0.29) is 9.75 Å². The van der Waals surface area contributed by atoms with Crippen LogP contribution in [0.1, 0.15) is 20.6 Å². The zero-order valence-electron chi connectivity index (χ0n) is 7.67. The zero-order valence-corrected chi connectivity index (χ0v) is 8.48. The summed E-state index contributed by atoms with van der Waals surface area (Å²) in [4.78, 5) is 11.0. The van der Waals surface area contributed by atoms with E-state index in [4.69, 9.17) is 5.73 Å². The van der Waals surface area contributed by atoms with Crippen molar-refractivity contribution >= 4 is 17.3 Å². The highest BCUT2D eigenvalue weighted by Gasteiger charge is 2.38. The van der Waals surface area contributed by atoms with Crippen molar-refractivity contribution in [1.82, 2.24) is 0 Å². The lowest BCUT2D eigenvalue weighted by Gasteiger charge is -2.13. The van der Waals surface area contributed by atoms with Crippen LogP contribution >= 0.6 is 11.3 Å². The van der Waals surface area contributed by atoms with E-state index in [0.717, 1.165) is 7.11 Å². The molecule has 0 amide bonds. The smallest absolute Gasteiger partial charge is 0.408 e. The van der Waals surface area contributed by atoms with Crippen molar-refractivity contribution in [2.75, 3.05) is 7.11 Å². The number of esters is 1. The van der Waals surface area contributed by atoms with E-state index < -0.39 is 18.2 Å². The third-order valence-electron chi connectivity index (χ3n) is 1.67. The molecule has 1 atom stereocenters. The average molecular weight is 239 g/mol. The Bertz CT molecular complexity index is 361. The second-order valence-electron chi connectivity index (χ2n) is 2.71. The molecule has 1 rings (SSSR count). The topological polar surface area (TPSA) is 52.3 Å². The Morgan fingerprint density at radius 1 is 1.53 bits per heavy atom. The van der Waals surface area contributed by atoms with E-state index in [0.29, 0.717) is 11.3 Å². The molecule has 0 saturated carbocycles. The highest BCUT2D eigenvalue weighted by atomic mass is 32.1. The minimum absolute atomic E-state index is 0.104. The molecule has 0 bridgehead atoms. The fourth-order valence-corrected chi connectivity index (χ4v) is 1.84. The highest BCUT2D eigenvalue weighted by Crippen LogP contribution is 2.34. The number of hydrogen-bond donors (Lipinski definition) is 1. The Morgan fingerprint density at radius 3 is 2.60 bits per heavy atom. The molecule has 0 spiro atoms. The van der Waals surface area contributed by atoms with Crippen LogP contribution in [0, 0.1) is 0 Å². The lowest BCUT2D eigenvalue weighted by atomic mass is 10.2. The largest absolute Gasteiger partial charge is 0.465 e. The number of nitrogens with two attached hydrogens (primary N) is 1. The number of carbonyl (C=O) groups excluding carboxylic acids is 1. The Labute approximate surface area is 87.6 Å². The van der Waals surface area contributed by atoms with Gasteiger partial charge >= 0.3 is 12.1 Å². The van der Waals surface area contributed by atoms with Crippen LogP contribution < -0.4 is 5.73 Å². The normalized spacial score (nSPS) is 13.7. The molecule has 7 heteroatoms. The molecule has 0 fully saturated rings. The summed E-state index contributed by atoms with van der Waals surface area (Å²) in [5, 5.41) is 0. The van der Waals surface area contributed by atoms with Gasteiger partial charge in [-0.05, 0) is 12.1 Å². The summed E-state index contributed by atoms with van der Waals surface area (Å²) in [6.07, 6.45) is -4.50. The molecule has 1 aromatic heterocycles. The van der Waals surface area contributed by atoms with Gasteiger partial charge in [-0.15, -0.1) is 11.3 Å². The number of alkyl halides is 3. The van der Waals surface area contributed by atoms with Gasteiger partial charge in [0, 0.05) is 4.88 Å². The van der Waals surface area contributed by atoms with Crippen molar-refractivity contribution in [2.45, 2.75) is 12.2 Å². The molecule has 1 unspecified atom stereocenters. The van der Waals surface area contributed by atoms with Gasteiger partial charge in [-0.25, -0.2) is 4.79 Å². The molecule has 0 aromatic carbocycles. The molecule has 0 aliphatic rings. The number of halogens is 3. The third kappa shape index (κ3) is 2.69. The first kappa shape index (κ1) is 12.0. The van der Waals surface area contributed by atoms with Crippen LogP contribution in [0.4, 0.5) is 13.2 Å². The van der Waals surface area contributed by atoms with Gasteiger partial charge in [0.05, 0.1) is 7.11 Å². The fourth-order valence-electron chi connectivity index (χ4n) is 0.892. The second kappa shape index (κ2) is 4.19. The first-order chi connectivity index (χ1) is 6.86. The quantitative estimate of drug-likeness (QED) is 0.804. The van der Waals surface area contributed by atoms with E-state index in [9.17, 15) is 18.0 Å². The van der Waals surface area contributed by atoms with Gasteiger partial charge in [0.25, 0.3) is 0 Å². The van der Waals surface area contributed by atoms with Crippen LogP contribution in [-0.2, 0) is 4.74 Å². The maximum absolute atomic E-state index is 12.2. The van der Waals surface area contributed by atoms with E-state index in [1.807, 2.05) is 0 Å². The number of methoxy groups -OCH3 is 1. The summed E-state index contributed by atoms with van der Waals surface area (Å²) >= 11 is 0.681. The molecule has 0 saturated heterocycles. The number of rotatable bonds is 2. The zero-order chi connectivity index (χ0) is 11.6. The molecule has 0 radical (unpaired) electrons. The van der Waals surface area contributed by atoms with Crippen molar-refractivity contribution in [3.05, 3.63) is 21.9 Å². The maximum Gasteiger partial charge on any atom is 0.408 e. The predicted molar refractivity (Wildman–Crippen MR) is 48.6 cm³/mol. The van der Waals surface area contributed by atoms with Gasteiger partial charge in [0.2, 0.25) is 0 Å². The standard InChI is InChI=1S/C8H8F3NO2S/c1-14-7(13)5-3-2-4(15-5)6(12)8(9,10)11/h2-3,6H,12H2,1H3. The maximum atomic E-state index is 12.2. The molecule has 84 valence electrons. The summed E-state index contributed by atoms with van der Waals surface area (Å²) in [7, 11) is 1.16. The fraction of sp³-hybridized carbons (Fsp3) is 0.375. The molecular weight excluding hydrogens is 231 g/mol. The molecular formula is C8H8F3NO2S. The summed E-state index contributed by atoms with van der Waals surface area (Å²) in [5.74, 6) is -0.666. The molecule has 2 N–H and O–H groups in total. The lowest BCUT2D eigenvalue weighted by molar-refractivity contribution is -0.148. The Morgan fingerprint density at radius 2 is 2.13 bits per heavy atom. The minimum Gasteiger partial charge on any atom is -0.465 e. The number of thiophene rings is 1. The first-order valence-electron chi connectivity index (χ1n) is 3.86. The molecule has 1 heterocycles. The monoisotopic (exact) mass is 239 g/mol.